The Bertz CT molecular complexity index is 547. The van der Waals surface area contributed by atoms with E-state index < -0.39 is 10.0 Å². The molecule has 0 aliphatic carbocycles. The van der Waals surface area contributed by atoms with Crippen molar-refractivity contribution in [3.05, 3.63) is 41.5 Å². The molecule has 0 bridgehead atoms. The summed E-state index contributed by atoms with van der Waals surface area (Å²) in [5.74, 6) is 0.0418. The second-order valence-corrected chi connectivity index (χ2v) is 6.63. The fourth-order valence-electron chi connectivity index (χ4n) is 1.92. The molecule has 4 nitrogen and oxygen atoms in total. The van der Waals surface area contributed by atoms with Gasteiger partial charge < -0.3 is 5.73 Å². The van der Waals surface area contributed by atoms with E-state index in [1.807, 2.05) is 13.0 Å². The topological polar surface area (TPSA) is 63.4 Å². The third-order valence-electron chi connectivity index (χ3n) is 3.12. The van der Waals surface area contributed by atoms with Gasteiger partial charge in [-0.15, -0.1) is 0 Å². The lowest BCUT2D eigenvalue weighted by Gasteiger charge is -2.24. The summed E-state index contributed by atoms with van der Waals surface area (Å²) >= 11 is 0. The molecule has 0 atom stereocenters. The van der Waals surface area contributed by atoms with Crippen LogP contribution in [-0.2, 0) is 15.8 Å². The van der Waals surface area contributed by atoms with Crippen molar-refractivity contribution in [3.8, 4) is 0 Å². The highest BCUT2D eigenvalue weighted by atomic mass is 32.2. The summed E-state index contributed by atoms with van der Waals surface area (Å²) in [7, 11) is -3.22. The predicted octanol–water partition coefficient (Wildman–Crippen LogP) is 1.75. The van der Waals surface area contributed by atoms with Crippen LogP contribution in [0.5, 0.6) is 0 Å². The molecular weight excluding hydrogens is 248 g/mol. The van der Waals surface area contributed by atoms with Crippen molar-refractivity contribution in [3.63, 3.8) is 0 Å². The molecule has 5 heteroatoms. The van der Waals surface area contributed by atoms with E-state index in [9.17, 15) is 8.42 Å². The lowest BCUT2D eigenvalue weighted by Crippen LogP contribution is -2.35. The molecule has 0 radical (unpaired) electrons. The van der Waals surface area contributed by atoms with Gasteiger partial charge in [-0.3, -0.25) is 0 Å². The molecule has 0 saturated carbocycles. The average Bonchev–Trinajstić information content (AvgIpc) is 2.32. The summed E-state index contributed by atoms with van der Waals surface area (Å²) in [5.41, 5.74) is 8.26. The number of sulfonamides is 1. The van der Waals surface area contributed by atoms with Crippen molar-refractivity contribution >= 4 is 15.7 Å². The van der Waals surface area contributed by atoms with E-state index >= 15 is 0 Å². The molecule has 98 valence electrons. The first-order valence-corrected chi connectivity index (χ1v) is 7.56. The first kappa shape index (κ1) is 13.1. The fourth-order valence-corrected chi connectivity index (χ4v) is 3.39. The Morgan fingerprint density at radius 3 is 2.50 bits per heavy atom. The third-order valence-corrected chi connectivity index (χ3v) is 4.94. The molecule has 0 spiro atoms. The summed E-state index contributed by atoms with van der Waals surface area (Å²) in [5, 5.41) is 0. The van der Waals surface area contributed by atoms with Crippen molar-refractivity contribution in [2.75, 3.05) is 18.8 Å². The molecule has 1 aliphatic heterocycles. The standard InChI is InChI=1S/C13H18N2O2S/c1-11-6-8-15(9-7-11)18(16,17)10-12-2-4-13(14)5-3-12/h2-6H,7-10,14H2,1H3. The van der Waals surface area contributed by atoms with Crippen LogP contribution in [0.25, 0.3) is 0 Å². The van der Waals surface area contributed by atoms with Gasteiger partial charge in [0.15, 0.2) is 0 Å². The summed E-state index contributed by atoms with van der Waals surface area (Å²) in [4.78, 5) is 0. The third kappa shape index (κ3) is 3.11. The lowest BCUT2D eigenvalue weighted by atomic mass is 10.1. The quantitative estimate of drug-likeness (QED) is 0.669. The Morgan fingerprint density at radius 2 is 1.94 bits per heavy atom. The lowest BCUT2D eigenvalue weighted by molar-refractivity contribution is 0.430. The summed E-state index contributed by atoms with van der Waals surface area (Å²) in [6.07, 6.45) is 2.80. The molecule has 18 heavy (non-hydrogen) atoms. The number of rotatable bonds is 3. The Kier molecular flexibility index (Phi) is 3.73. The molecule has 0 saturated heterocycles. The van der Waals surface area contributed by atoms with Crippen LogP contribution in [0.15, 0.2) is 35.9 Å². The van der Waals surface area contributed by atoms with Crippen LogP contribution < -0.4 is 5.73 Å². The second kappa shape index (κ2) is 5.12. The van der Waals surface area contributed by atoms with Crippen LogP contribution >= 0.6 is 0 Å². The maximum Gasteiger partial charge on any atom is 0.218 e. The fraction of sp³-hybridized carbons (Fsp3) is 0.385. The molecule has 1 aliphatic rings. The van der Waals surface area contributed by atoms with E-state index in [0.29, 0.717) is 18.8 Å². The Balaban J connectivity index is 2.10. The zero-order valence-electron chi connectivity index (χ0n) is 10.5. The van der Waals surface area contributed by atoms with Crippen LogP contribution in [0.3, 0.4) is 0 Å². The summed E-state index contributed by atoms with van der Waals surface area (Å²) < 4.78 is 26.0. The number of hydrogen-bond acceptors (Lipinski definition) is 3. The molecule has 0 unspecified atom stereocenters. The number of hydrogen-bond donors (Lipinski definition) is 1. The van der Waals surface area contributed by atoms with E-state index in [0.717, 1.165) is 12.0 Å². The highest BCUT2D eigenvalue weighted by molar-refractivity contribution is 7.88. The van der Waals surface area contributed by atoms with Gasteiger partial charge >= 0.3 is 0 Å². The second-order valence-electron chi connectivity index (χ2n) is 4.66. The minimum atomic E-state index is -3.22. The van der Waals surface area contributed by atoms with E-state index in [4.69, 9.17) is 5.73 Å². The van der Waals surface area contributed by atoms with Crippen LogP contribution in [-0.4, -0.2) is 25.8 Å². The maximum absolute atomic E-state index is 12.2. The molecule has 0 aromatic heterocycles. The van der Waals surface area contributed by atoms with Gasteiger partial charge in [0, 0.05) is 18.8 Å². The highest BCUT2D eigenvalue weighted by Crippen LogP contribution is 2.17. The smallest absolute Gasteiger partial charge is 0.218 e. The van der Waals surface area contributed by atoms with Gasteiger partial charge in [0.25, 0.3) is 0 Å². The van der Waals surface area contributed by atoms with Crippen molar-refractivity contribution in [1.29, 1.82) is 0 Å². The molecule has 2 rings (SSSR count). The van der Waals surface area contributed by atoms with Gasteiger partial charge in [-0.05, 0) is 31.0 Å². The van der Waals surface area contributed by atoms with Crippen LogP contribution in [0.2, 0.25) is 0 Å². The van der Waals surface area contributed by atoms with Gasteiger partial charge in [0.05, 0.1) is 5.75 Å². The van der Waals surface area contributed by atoms with E-state index in [1.54, 1.807) is 24.3 Å². The number of anilines is 1. The zero-order valence-corrected chi connectivity index (χ0v) is 11.3. The van der Waals surface area contributed by atoms with Crippen molar-refractivity contribution in [1.82, 2.24) is 4.31 Å². The first-order valence-electron chi connectivity index (χ1n) is 5.95. The number of nitrogens with two attached hydrogens (primary N) is 1. The molecule has 1 heterocycles. The zero-order chi connectivity index (χ0) is 13.2. The molecule has 1 aromatic carbocycles. The van der Waals surface area contributed by atoms with Crippen molar-refractivity contribution in [2.24, 2.45) is 0 Å². The molecule has 0 fully saturated rings. The highest BCUT2D eigenvalue weighted by Gasteiger charge is 2.23. The minimum absolute atomic E-state index is 0.0418. The SMILES string of the molecule is CC1=CCN(S(=O)(=O)Cc2ccc(N)cc2)CC1. The predicted molar refractivity (Wildman–Crippen MR) is 73.4 cm³/mol. The largest absolute Gasteiger partial charge is 0.399 e. The van der Waals surface area contributed by atoms with Gasteiger partial charge in [-0.1, -0.05) is 23.8 Å². The summed E-state index contributed by atoms with van der Waals surface area (Å²) in [6, 6.07) is 6.98. The summed E-state index contributed by atoms with van der Waals surface area (Å²) in [6.45, 7) is 3.10. The minimum Gasteiger partial charge on any atom is -0.399 e. The van der Waals surface area contributed by atoms with Crippen molar-refractivity contribution < 1.29 is 8.42 Å². The Labute approximate surface area is 108 Å². The van der Waals surface area contributed by atoms with E-state index in [2.05, 4.69) is 0 Å². The normalized spacial score (nSPS) is 17.5. The van der Waals surface area contributed by atoms with E-state index in [-0.39, 0.29) is 5.75 Å². The average molecular weight is 266 g/mol. The van der Waals surface area contributed by atoms with Gasteiger partial charge in [-0.25, -0.2) is 8.42 Å². The molecule has 0 amide bonds. The molecular formula is C13H18N2O2S. The van der Waals surface area contributed by atoms with Crippen LogP contribution in [0.1, 0.15) is 18.9 Å². The van der Waals surface area contributed by atoms with Gasteiger partial charge in [-0.2, -0.15) is 4.31 Å². The van der Waals surface area contributed by atoms with E-state index in [1.165, 1.54) is 9.88 Å². The number of benzene rings is 1. The van der Waals surface area contributed by atoms with Crippen LogP contribution in [0, 0.1) is 0 Å². The number of nitrogen functional groups attached to an aromatic ring is 1. The maximum atomic E-state index is 12.2. The van der Waals surface area contributed by atoms with Crippen molar-refractivity contribution in [2.45, 2.75) is 19.1 Å². The van der Waals surface area contributed by atoms with Gasteiger partial charge in [0.1, 0.15) is 0 Å². The Hall–Kier alpha value is -1.33. The van der Waals surface area contributed by atoms with Gasteiger partial charge in [0.2, 0.25) is 10.0 Å². The molecule has 2 N–H and O–H groups in total. The first-order chi connectivity index (χ1) is 8.47. The number of nitrogens with zero attached hydrogens (tertiary/aromatic N) is 1. The molecule has 1 aromatic rings. The Morgan fingerprint density at radius 1 is 1.28 bits per heavy atom. The van der Waals surface area contributed by atoms with Crippen LogP contribution in [0.4, 0.5) is 5.69 Å². The monoisotopic (exact) mass is 266 g/mol.